The van der Waals surface area contributed by atoms with Crippen LogP contribution in [0.3, 0.4) is 0 Å². The molecule has 26 heavy (non-hydrogen) atoms. The second kappa shape index (κ2) is 7.06. The summed E-state index contributed by atoms with van der Waals surface area (Å²) in [5.41, 5.74) is 1.76. The van der Waals surface area contributed by atoms with Crippen molar-refractivity contribution in [2.45, 2.75) is 38.6 Å². The molecule has 1 aromatic heterocycles. The van der Waals surface area contributed by atoms with Gasteiger partial charge in [0, 0.05) is 37.9 Å². The highest BCUT2D eigenvalue weighted by Crippen LogP contribution is 2.48. The fourth-order valence-corrected chi connectivity index (χ4v) is 4.93. The molecule has 3 aliphatic rings. The van der Waals surface area contributed by atoms with Crippen molar-refractivity contribution in [3.8, 4) is 0 Å². The summed E-state index contributed by atoms with van der Waals surface area (Å²) in [6.45, 7) is 4.05. The molecule has 2 bridgehead atoms. The van der Waals surface area contributed by atoms with Gasteiger partial charge in [0.25, 0.3) is 5.91 Å². The summed E-state index contributed by atoms with van der Waals surface area (Å²) < 4.78 is 7.62. The third-order valence-corrected chi connectivity index (χ3v) is 6.47. The predicted octanol–water partition coefficient (Wildman–Crippen LogP) is 1.73. The molecular weight excluding hydrogens is 330 g/mol. The Balaban J connectivity index is 1.39. The van der Waals surface area contributed by atoms with Crippen molar-refractivity contribution in [1.29, 1.82) is 0 Å². The third kappa shape index (κ3) is 3.39. The van der Waals surface area contributed by atoms with Crippen LogP contribution in [0.1, 0.15) is 41.7 Å². The van der Waals surface area contributed by atoms with E-state index >= 15 is 0 Å². The van der Waals surface area contributed by atoms with Gasteiger partial charge in [-0.2, -0.15) is 0 Å². The monoisotopic (exact) mass is 359 g/mol. The molecule has 4 rings (SSSR count). The van der Waals surface area contributed by atoms with Crippen LogP contribution in [0.2, 0.25) is 0 Å². The maximum atomic E-state index is 12.9. The zero-order valence-electron chi connectivity index (χ0n) is 15.7. The van der Waals surface area contributed by atoms with E-state index in [1.54, 1.807) is 0 Å². The highest BCUT2D eigenvalue weighted by atomic mass is 16.5. The van der Waals surface area contributed by atoms with Gasteiger partial charge in [0.1, 0.15) is 0 Å². The molecule has 6 heteroatoms. The first-order chi connectivity index (χ1) is 12.5. The second-order valence-corrected chi connectivity index (χ2v) is 8.29. The van der Waals surface area contributed by atoms with Crippen LogP contribution in [0.15, 0.2) is 12.3 Å². The SMILES string of the molecule is Cc1cc(C(=O)N2CCOCC(NC(=O)C3CC4CCC3C4)C2)cn1C. The van der Waals surface area contributed by atoms with Gasteiger partial charge < -0.3 is 19.5 Å². The van der Waals surface area contributed by atoms with Crippen molar-refractivity contribution in [2.75, 3.05) is 26.3 Å². The van der Waals surface area contributed by atoms with E-state index in [4.69, 9.17) is 4.74 Å². The molecule has 2 saturated carbocycles. The number of nitrogens with one attached hydrogen (secondary N) is 1. The minimum atomic E-state index is -0.127. The van der Waals surface area contributed by atoms with Crippen LogP contribution in [0.5, 0.6) is 0 Å². The fraction of sp³-hybridized carbons (Fsp3) is 0.700. The van der Waals surface area contributed by atoms with Gasteiger partial charge >= 0.3 is 0 Å². The third-order valence-electron chi connectivity index (χ3n) is 6.47. The van der Waals surface area contributed by atoms with E-state index in [1.807, 2.05) is 35.7 Å². The number of ether oxygens (including phenoxy) is 1. The minimum absolute atomic E-state index is 0.0124. The lowest BCUT2D eigenvalue weighted by molar-refractivity contribution is -0.127. The molecule has 4 unspecified atom stereocenters. The Labute approximate surface area is 154 Å². The first kappa shape index (κ1) is 17.6. The maximum Gasteiger partial charge on any atom is 0.255 e. The molecular formula is C20H29N3O3. The average molecular weight is 359 g/mol. The van der Waals surface area contributed by atoms with E-state index in [-0.39, 0.29) is 23.8 Å². The Hall–Kier alpha value is -1.82. The Morgan fingerprint density at radius 2 is 2.12 bits per heavy atom. The molecule has 0 radical (unpaired) electrons. The number of aryl methyl sites for hydroxylation is 2. The first-order valence-corrected chi connectivity index (χ1v) is 9.81. The number of hydrogen-bond acceptors (Lipinski definition) is 3. The van der Waals surface area contributed by atoms with Crippen LogP contribution in [-0.4, -0.2) is 53.6 Å². The molecule has 3 fully saturated rings. The van der Waals surface area contributed by atoms with Gasteiger partial charge in [-0.15, -0.1) is 0 Å². The Bertz CT molecular complexity index is 679. The molecule has 2 amide bonds. The molecule has 0 aromatic carbocycles. The van der Waals surface area contributed by atoms with E-state index < -0.39 is 0 Å². The summed E-state index contributed by atoms with van der Waals surface area (Å²) in [4.78, 5) is 27.4. The lowest BCUT2D eigenvalue weighted by atomic mass is 9.88. The number of carbonyl (C=O) groups excluding carboxylic acids is 2. The average Bonchev–Trinajstić information content (AvgIpc) is 3.28. The van der Waals surface area contributed by atoms with Crippen LogP contribution >= 0.6 is 0 Å². The number of carbonyl (C=O) groups is 2. The largest absolute Gasteiger partial charge is 0.377 e. The van der Waals surface area contributed by atoms with E-state index in [9.17, 15) is 9.59 Å². The molecule has 2 aliphatic carbocycles. The number of rotatable bonds is 3. The van der Waals surface area contributed by atoms with Gasteiger partial charge in [-0.1, -0.05) is 6.42 Å². The predicted molar refractivity (Wildman–Crippen MR) is 97.7 cm³/mol. The quantitative estimate of drug-likeness (QED) is 0.894. The number of hydrogen-bond donors (Lipinski definition) is 1. The van der Waals surface area contributed by atoms with Crippen molar-refractivity contribution in [3.63, 3.8) is 0 Å². The van der Waals surface area contributed by atoms with Gasteiger partial charge in [0.05, 0.1) is 24.8 Å². The van der Waals surface area contributed by atoms with E-state index in [0.717, 1.165) is 18.0 Å². The topological polar surface area (TPSA) is 63.6 Å². The van der Waals surface area contributed by atoms with Gasteiger partial charge in [0.15, 0.2) is 0 Å². The number of nitrogens with zero attached hydrogens (tertiary/aromatic N) is 2. The summed E-state index contributed by atoms with van der Waals surface area (Å²) >= 11 is 0. The Kier molecular flexibility index (Phi) is 4.78. The van der Waals surface area contributed by atoms with Gasteiger partial charge in [0.2, 0.25) is 5.91 Å². The first-order valence-electron chi connectivity index (χ1n) is 9.81. The summed E-state index contributed by atoms with van der Waals surface area (Å²) in [5, 5.41) is 3.18. The molecule has 6 nitrogen and oxygen atoms in total. The lowest BCUT2D eigenvalue weighted by Gasteiger charge is -2.27. The molecule has 2 heterocycles. The Morgan fingerprint density at radius 3 is 2.77 bits per heavy atom. The number of fused-ring (bicyclic) bond motifs is 2. The van der Waals surface area contributed by atoms with Crippen LogP contribution in [0.25, 0.3) is 0 Å². The van der Waals surface area contributed by atoms with Crippen molar-refractivity contribution in [1.82, 2.24) is 14.8 Å². The molecule has 1 aromatic rings. The van der Waals surface area contributed by atoms with E-state index in [0.29, 0.717) is 37.8 Å². The smallest absolute Gasteiger partial charge is 0.255 e. The van der Waals surface area contributed by atoms with Crippen molar-refractivity contribution in [3.05, 3.63) is 23.5 Å². The highest BCUT2D eigenvalue weighted by Gasteiger charge is 2.43. The van der Waals surface area contributed by atoms with Gasteiger partial charge in [-0.3, -0.25) is 9.59 Å². The highest BCUT2D eigenvalue weighted by molar-refractivity contribution is 5.94. The van der Waals surface area contributed by atoms with E-state index in [1.165, 1.54) is 19.3 Å². The summed E-state index contributed by atoms with van der Waals surface area (Å²) in [6.07, 6.45) is 6.61. The van der Waals surface area contributed by atoms with Crippen LogP contribution in [0.4, 0.5) is 0 Å². The van der Waals surface area contributed by atoms with Crippen molar-refractivity contribution >= 4 is 11.8 Å². The minimum Gasteiger partial charge on any atom is -0.377 e. The molecule has 1 aliphatic heterocycles. The number of aromatic nitrogens is 1. The normalized spacial score (nSPS) is 31.1. The van der Waals surface area contributed by atoms with Gasteiger partial charge in [-0.05, 0) is 44.1 Å². The molecule has 1 saturated heterocycles. The lowest BCUT2D eigenvalue weighted by Crippen LogP contribution is -2.48. The number of amides is 2. The van der Waals surface area contributed by atoms with Crippen molar-refractivity contribution < 1.29 is 14.3 Å². The molecule has 1 N–H and O–H groups in total. The second-order valence-electron chi connectivity index (χ2n) is 8.29. The van der Waals surface area contributed by atoms with Gasteiger partial charge in [-0.25, -0.2) is 0 Å². The molecule has 4 atom stereocenters. The standard InChI is InChI=1S/C20H29N3O3/c1-13-7-16(10-22(13)2)20(25)23-5-6-26-12-17(11-23)21-19(24)18-9-14-3-4-15(18)8-14/h7,10,14-15,17-18H,3-6,8-9,11-12H2,1-2H3,(H,21,24). The zero-order chi connectivity index (χ0) is 18.3. The van der Waals surface area contributed by atoms with E-state index in [2.05, 4.69) is 5.32 Å². The maximum absolute atomic E-state index is 12.9. The van der Waals surface area contributed by atoms with Crippen molar-refractivity contribution in [2.24, 2.45) is 24.8 Å². The van der Waals surface area contributed by atoms with Crippen LogP contribution in [-0.2, 0) is 16.6 Å². The molecule has 0 spiro atoms. The molecule has 142 valence electrons. The summed E-state index contributed by atoms with van der Waals surface area (Å²) in [7, 11) is 1.94. The summed E-state index contributed by atoms with van der Waals surface area (Å²) in [5.74, 6) is 1.66. The van der Waals surface area contributed by atoms with Crippen LogP contribution in [0, 0.1) is 24.7 Å². The fourth-order valence-electron chi connectivity index (χ4n) is 4.93. The van der Waals surface area contributed by atoms with Crippen LogP contribution < -0.4 is 5.32 Å². The summed E-state index contributed by atoms with van der Waals surface area (Å²) in [6, 6.07) is 1.79. The Morgan fingerprint density at radius 1 is 1.27 bits per heavy atom. The zero-order valence-corrected chi connectivity index (χ0v) is 15.7.